The molecule has 0 radical (unpaired) electrons. The lowest BCUT2D eigenvalue weighted by atomic mass is 10.2. The summed E-state index contributed by atoms with van der Waals surface area (Å²) in [5.74, 6) is 0.811. The second-order valence-corrected chi connectivity index (χ2v) is 6.92. The van der Waals surface area contributed by atoms with Gasteiger partial charge in [0.1, 0.15) is 0 Å². The molecule has 2 nitrogen and oxygen atoms in total. The third-order valence-electron chi connectivity index (χ3n) is 4.11. The van der Waals surface area contributed by atoms with Crippen molar-refractivity contribution in [3.63, 3.8) is 0 Å². The molecular formula is C15H24N2S. The molecule has 1 aromatic rings. The predicted octanol–water partition coefficient (Wildman–Crippen LogP) is 4.01. The first-order valence-corrected chi connectivity index (χ1v) is 8.40. The van der Waals surface area contributed by atoms with Crippen molar-refractivity contribution < 1.29 is 0 Å². The Morgan fingerprint density at radius 3 is 2.67 bits per heavy atom. The fourth-order valence-corrected chi connectivity index (χ4v) is 4.08. The van der Waals surface area contributed by atoms with Crippen molar-refractivity contribution in [2.24, 2.45) is 0 Å². The monoisotopic (exact) mass is 264 g/mol. The molecule has 0 spiro atoms. The van der Waals surface area contributed by atoms with Gasteiger partial charge >= 0.3 is 0 Å². The van der Waals surface area contributed by atoms with E-state index in [1.165, 1.54) is 60.5 Å². The van der Waals surface area contributed by atoms with Crippen LogP contribution in [0.5, 0.6) is 0 Å². The van der Waals surface area contributed by atoms with Gasteiger partial charge in [0.15, 0.2) is 0 Å². The number of hydrogen-bond acceptors (Lipinski definition) is 3. The Morgan fingerprint density at radius 2 is 2.00 bits per heavy atom. The minimum Gasteiger partial charge on any atom is -0.309 e. The summed E-state index contributed by atoms with van der Waals surface area (Å²) >= 11 is 1.98. The van der Waals surface area contributed by atoms with E-state index in [0.717, 1.165) is 24.9 Å². The van der Waals surface area contributed by atoms with Crippen LogP contribution in [-0.4, -0.2) is 11.0 Å². The first kappa shape index (κ1) is 12.6. The van der Waals surface area contributed by atoms with Gasteiger partial charge in [-0.3, -0.25) is 0 Å². The van der Waals surface area contributed by atoms with E-state index < -0.39 is 0 Å². The van der Waals surface area contributed by atoms with E-state index in [2.05, 4.69) is 12.2 Å². The van der Waals surface area contributed by atoms with Gasteiger partial charge in [-0.05, 0) is 32.1 Å². The average Bonchev–Trinajstić information content (AvgIpc) is 2.95. The van der Waals surface area contributed by atoms with E-state index in [9.17, 15) is 0 Å². The Bertz CT molecular complexity index is 389. The van der Waals surface area contributed by atoms with E-state index in [1.807, 2.05) is 11.3 Å². The molecule has 1 N–H and O–H groups in total. The van der Waals surface area contributed by atoms with Gasteiger partial charge in [-0.25, -0.2) is 4.98 Å². The number of aromatic nitrogens is 1. The molecule has 18 heavy (non-hydrogen) atoms. The van der Waals surface area contributed by atoms with Crippen LogP contribution in [0.4, 0.5) is 0 Å². The number of nitrogens with zero attached hydrogens (tertiary/aromatic N) is 1. The Hall–Kier alpha value is -0.410. The van der Waals surface area contributed by atoms with Crippen molar-refractivity contribution >= 4 is 11.3 Å². The van der Waals surface area contributed by atoms with Crippen molar-refractivity contribution in [3.8, 4) is 0 Å². The molecule has 1 heterocycles. The minimum absolute atomic E-state index is 0.769. The van der Waals surface area contributed by atoms with Crippen molar-refractivity contribution in [1.29, 1.82) is 0 Å². The van der Waals surface area contributed by atoms with E-state index in [1.54, 1.807) is 0 Å². The highest BCUT2D eigenvalue weighted by Crippen LogP contribution is 2.42. The zero-order chi connectivity index (χ0) is 12.4. The second kappa shape index (κ2) is 5.70. The van der Waals surface area contributed by atoms with Crippen LogP contribution in [0.2, 0.25) is 0 Å². The van der Waals surface area contributed by atoms with Gasteiger partial charge in [0, 0.05) is 23.4 Å². The molecule has 0 saturated heterocycles. The Balaban J connectivity index is 1.64. The molecule has 0 amide bonds. The smallest absolute Gasteiger partial charge is 0.0962 e. The summed E-state index contributed by atoms with van der Waals surface area (Å²) < 4.78 is 0. The van der Waals surface area contributed by atoms with Gasteiger partial charge in [0.25, 0.3) is 0 Å². The molecule has 0 aromatic carbocycles. The summed E-state index contributed by atoms with van der Waals surface area (Å²) in [5, 5.41) is 5.16. The molecule has 2 fully saturated rings. The molecule has 2 aliphatic carbocycles. The maximum absolute atomic E-state index is 4.89. The Kier molecular flexibility index (Phi) is 4.00. The van der Waals surface area contributed by atoms with E-state index in [-0.39, 0.29) is 0 Å². The molecule has 2 saturated carbocycles. The van der Waals surface area contributed by atoms with Crippen LogP contribution in [0, 0.1) is 0 Å². The molecular weight excluding hydrogens is 240 g/mol. The fraction of sp³-hybridized carbons (Fsp3) is 0.800. The Labute approximate surface area is 114 Å². The normalized spacial score (nSPS) is 20.7. The predicted molar refractivity (Wildman–Crippen MR) is 77.2 cm³/mol. The lowest BCUT2D eigenvalue weighted by molar-refractivity contribution is 0.525. The minimum atomic E-state index is 0.769. The molecule has 3 rings (SSSR count). The van der Waals surface area contributed by atoms with Gasteiger partial charge in [-0.2, -0.15) is 0 Å². The van der Waals surface area contributed by atoms with Crippen LogP contribution in [0.1, 0.15) is 73.4 Å². The molecule has 3 heteroatoms. The maximum atomic E-state index is 4.89. The summed E-state index contributed by atoms with van der Waals surface area (Å²) in [6.07, 6.45) is 10.7. The van der Waals surface area contributed by atoms with Crippen molar-refractivity contribution in [1.82, 2.24) is 10.3 Å². The largest absolute Gasteiger partial charge is 0.309 e. The van der Waals surface area contributed by atoms with Crippen LogP contribution in [-0.2, 0) is 13.0 Å². The first-order valence-electron chi connectivity index (χ1n) is 7.58. The summed E-state index contributed by atoms with van der Waals surface area (Å²) in [7, 11) is 0. The third kappa shape index (κ3) is 2.94. The topological polar surface area (TPSA) is 24.9 Å². The summed E-state index contributed by atoms with van der Waals surface area (Å²) in [5.41, 5.74) is 1.38. The van der Waals surface area contributed by atoms with Gasteiger partial charge < -0.3 is 5.32 Å². The molecule has 0 unspecified atom stereocenters. The van der Waals surface area contributed by atoms with Crippen molar-refractivity contribution in [2.45, 2.75) is 76.8 Å². The summed E-state index contributed by atoms with van der Waals surface area (Å²) in [6.45, 7) is 3.31. The van der Waals surface area contributed by atoms with E-state index >= 15 is 0 Å². The van der Waals surface area contributed by atoms with Crippen molar-refractivity contribution in [2.75, 3.05) is 0 Å². The lowest BCUT2D eigenvalue weighted by Gasteiger charge is -2.11. The zero-order valence-corrected chi connectivity index (χ0v) is 12.2. The van der Waals surface area contributed by atoms with Crippen LogP contribution in [0.3, 0.4) is 0 Å². The molecule has 0 bridgehead atoms. The van der Waals surface area contributed by atoms with Gasteiger partial charge in [0.2, 0.25) is 0 Å². The third-order valence-corrected chi connectivity index (χ3v) is 5.37. The number of aryl methyl sites for hydroxylation is 1. The highest BCUT2D eigenvalue weighted by atomic mass is 32.1. The molecule has 2 aliphatic rings. The van der Waals surface area contributed by atoms with Crippen molar-refractivity contribution in [3.05, 3.63) is 15.6 Å². The standard InChI is InChI=1S/C15H24N2S/c1-2-5-13-14(10-16-12-6-3-4-7-12)18-15(17-13)11-8-9-11/h11-12,16H,2-10H2,1H3. The number of rotatable bonds is 6. The number of thiazole rings is 1. The molecule has 100 valence electrons. The van der Waals surface area contributed by atoms with Crippen LogP contribution >= 0.6 is 11.3 Å². The van der Waals surface area contributed by atoms with Gasteiger partial charge in [-0.1, -0.05) is 26.2 Å². The van der Waals surface area contributed by atoms with Crippen LogP contribution in [0.25, 0.3) is 0 Å². The first-order chi connectivity index (χ1) is 8.86. The molecule has 0 aliphatic heterocycles. The van der Waals surface area contributed by atoms with E-state index in [4.69, 9.17) is 4.98 Å². The lowest BCUT2D eigenvalue weighted by Crippen LogP contribution is -2.25. The maximum Gasteiger partial charge on any atom is 0.0962 e. The van der Waals surface area contributed by atoms with Crippen LogP contribution in [0.15, 0.2) is 0 Å². The number of nitrogens with one attached hydrogen (secondary N) is 1. The summed E-state index contributed by atoms with van der Waals surface area (Å²) in [4.78, 5) is 6.40. The zero-order valence-electron chi connectivity index (χ0n) is 11.4. The van der Waals surface area contributed by atoms with Crippen LogP contribution < -0.4 is 5.32 Å². The Morgan fingerprint density at radius 1 is 1.22 bits per heavy atom. The second-order valence-electron chi connectivity index (χ2n) is 5.81. The highest BCUT2D eigenvalue weighted by Gasteiger charge is 2.28. The fourth-order valence-electron chi connectivity index (χ4n) is 2.85. The quantitative estimate of drug-likeness (QED) is 0.840. The molecule has 1 aromatic heterocycles. The average molecular weight is 264 g/mol. The van der Waals surface area contributed by atoms with Gasteiger partial charge in [0.05, 0.1) is 10.7 Å². The number of hydrogen-bond donors (Lipinski definition) is 1. The summed E-state index contributed by atoms with van der Waals surface area (Å²) in [6, 6.07) is 0.769. The highest BCUT2D eigenvalue weighted by molar-refractivity contribution is 7.11. The molecule has 0 atom stereocenters. The van der Waals surface area contributed by atoms with E-state index in [0.29, 0.717) is 0 Å². The van der Waals surface area contributed by atoms with Gasteiger partial charge in [-0.15, -0.1) is 11.3 Å². The SMILES string of the molecule is CCCc1nc(C2CC2)sc1CNC1CCCC1.